The van der Waals surface area contributed by atoms with Crippen LogP contribution in [0.5, 0.6) is 0 Å². The third-order valence-electron chi connectivity index (χ3n) is 2.91. The summed E-state index contributed by atoms with van der Waals surface area (Å²) in [5.74, 6) is -0.234. The Bertz CT molecular complexity index is 487. The lowest BCUT2D eigenvalue weighted by Crippen LogP contribution is -2.37. The minimum atomic E-state index is -0.351. The molecule has 5 heteroatoms. The quantitative estimate of drug-likeness (QED) is 0.849. The Balaban J connectivity index is 2.03. The maximum Gasteiger partial charge on any atom is 0.239 e. The molecule has 2 rings (SSSR count). The fourth-order valence-corrected chi connectivity index (χ4v) is 1.99. The van der Waals surface area contributed by atoms with Gasteiger partial charge in [-0.1, -0.05) is 13.0 Å². The minimum absolute atomic E-state index is 0.102. The molecule has 1 aromatic rings. The van der Waals surface area contributed by atoms with Crippen LogP contribution in [0.15, 0.2) is 18.2 Å². The van der Waals surface area contributed by atoms with E-state index in [1.54, 1.807) is 11.0 Å². The van der Waals surface area contributed by atoms with Crippen LogP contribution in [0.4, 0.5) is 4.39 Å². The number of rotatable bonds is 4. The first-order valence-corrected chi connectivity index (χ1v) is 6.00. The van der Waals surface area contributed by atoms with E-state index in [9.17, 15) is 9.18 Å². The van der Waals surface area contributed by atoms with Gasteiger partial charge in [-0.15, -0.1) is 0 Å². The molecule has 0 saturated heterocycles. The molecule has 1 heterocycles. The molecule has 1 aromatic carbocycles. The highest BCUT2D eigenvalue weighted by molar-refractivity contribution is 6.01. The molecule has 0 aliphatic carbocycles. The van der Waals surface area contributed by atoms with E-state index in [4.69, 9.17) is 5.41 Å². The number of hydrogen-bond donors (Lipinski definition) is 2. The van der Waals surface area contributed by atoms with Crippen LogP contribution in [0, 0.1) is 11.2 Å². The summed E-state index contributed by atoms with van der Waals surface area (Å²) in [5, 5.41) is 10.7. The van der Waals surface area contributed by atoms with E-state index < -0.39 is 0 Å². The van der Waals surface area contributed by atoms with Gasteiger partial charge in [0.25, 0.3) is 0 Å². The highest BCUT2D eigenvalue weighted by atomic mass is 19.1. The van der Waals surface area contributed by atoms with Crippen LogP contribution in [0.3, 0.4) is 0 Å². The maximum absolute atomic E-state index is 13.1. The Labute approximate surface area is 105 Å². The number of hydrogen-bond acceptors (Lipinski definition) is 2. The van der Waals surface area contributed by atoms with Gasteiger partial charge >= 0.3 is 0 Å². The molecule has 18 heavy (non-hydrogen) atoms. The Kier molecular flexibility index (Phi) is 3.60. The number of halogens is 1. The molecule has 0 atom stereocenters. The Hall–Kier alpha value is -1.91. The van der Waals surface area contributed by atoms with Crippen LogP contribution in [0.1, 0.15) is 24.5 Å². The summed E-state index contributed by atoms with van der Waals surface area (Å²) < 4.78 is 13.1. The number of fused-ring (bicyclic) bond motifs is 1. The van der Waals surface area contributed by atoms with Gasteiger partial charge in [0.1, 0.15) is 11.7 Å². The number of amidine groups is 1. The number of carbonyl (C=O) groups excluding carboxylic acids is 1. The second-order valence-electron chi connectivity index (χ2n) is 4.36. The van der Waals surface area contributed by atoms with Crippen LogP contribution < -0.4 is 5.32 Å². The fraction of sp³-hybridized carbons (Fsp3) is 0.385. The Morgan fingerprint density at radius 2 is 2.33 bits per heavy atom. The highest BCUT2D eigenvalue weighted by Gasteiger charge is 2.25. The highest BCUT2D eigenvalue weighted by Crippen LogP contribution is 2.22. The molecule has 0 unspecified atom stereocenters. The summed E-state index contributed by atoms with van der Waals surface area (Å²) in [6.07, 6.45) is 0.884. The molecule has 0 bridgehead atoms. The van der Waals surface area contributed by atoms with Crippen molar-refractivity contribution in [3.8, 4) is 0 Å². The Morgan fingerprint density at radius 1 is 1.56 bits per heavy atom. The van der Waals surface area contributed by atoms with Crippen molar-refractivity contribution in [2.24, 2.45) is 0 Å². The van der Waals surface area contributed by atoms with Crippen molar-refractivity contribution in [3.05, 3.63) is 35.1 Å². The molecule has 4 nitrogen and oxygen atoms in total. The number of amides is 1. The lowest BCUT2D eigenvalue weighted by atomic mass is 10.1. The molecule has 0 aromatic heterocycles. The zero-order valence-electron chi connectivity index (χ0n) is 10.3. The van der Waals surface area contributed by atoms with Crippen LogP contribution in [-0.2, 0) is 11.3 Å². The molecule has 1 amide bonds. The van der Waals surface area contributed by atoms with Crippen molar-refractivity contribution in [2.75, 3.05) is 13.1 Å². The first-order valence-electron chi connectivity index (χ1n) is 6.00. The summed E-state index contributed by atoms with van der Waals surface area (Å²) in [6, 6.07) is 4.40. The largest absolute Gasteiger partial charge is 0.355 e. The van der Waals surface area contributed by atoms with Crippen molar-refractivity contribution in [3.63, 3.8) is 0 Å². The van der Waals surface area contributed by atoms with Crippen LogP contribution >= 0.6 is 0 Å². The van der Waals surface area contributed by atoms with Crippen molar-refractivity contribution in [1.29, 1.82) is 5.41 Å². The van der Waals surface area contributed by atoms with E-state index in [0.29, 0.717) is 18.7 Å². The second kappa shape index (κ2) is 5.16. The number of benzene rings is 1. The zero-order chi connectivity index (χ0) is 13.1. The topological polar surface area (TPSA) is 56.2 Å². The summed E-state index contributed by atoms with van der Waals surface area (Å²) >= 11 is 0. The molecule has 2 N–H and O–H groups in total. The molecule has 1 aliphatic rings. The van der Waals surface area contributed by atoms with Crippen molar-refractivity contribution < 1.29 is 9.18 Å². The third-order valence-corrected chi connectivity index (χ3v) is 2.91. The van der Waals surface area contributed by atoms with Crippen LogP contribution in [0.2, 0.25) is 0 Å². The van der Waals surface area contributed by atoms with Crippen LogP contribution in [0.25, 0.3) is 0 Å². The molecular formula is C13H16FN3O. The van der Waals surface area contributed by atoms with E-state index >= 15 is 0 Å². The normalized spacial score (nSPS) is 13.7. The van der Waals surface area contributed by atoms with Crippen LogP contribution in [-0.4, -0.2) is 29.7 Å². The number of nitrogens with zero attached hydrogens (tertiary/aromatic N) is 1. The van der Waals surface area contributed by atoms with Crippen molar-refractivity contribution in [2.45, 2.75) is 19.9 Å². The summed E-state index contributed by atoms with van der Waals surface area (Å²) in [6.45, 7) is 3.27. The second-order valence-corrected chi connectivity index (χ2v) is 4.36. The van der Waals surface area contributed by atoms with Gasteiger partial charge in [-0.3, -0.25) is 10.2 Å². The predicted octanol–water partition coefficient (Wildman–Crippen LogP) is 1.49. The van der Waals surface area contributed by atoms with E-state index in [1.807, 2.05) is 6.92 Å². The number of nitrogens with one attached hydrogen (secondary N) is 2. The predicted molar refractivity (Wildman–Crippen MR) is 66.9 cm³/mol. The first kappa shape index (κ1) is 12.5. The molecule has 1 aliphatic heterocycles. The number of carbonyl (C=O) groups is 1. The smallest absolute Gasteiger partial charge is 0.239 e. The molecular weight excluding hydrogens is 233 g/mol. The van der Waals surface area contributed by atoms with Gasteiger partial charge in [-0.05, 0) is 24.1 Å². The summed E-state index contributed by atoms with van der Waals surface area (Å²) in [4.78, 5) is 13.2. The van der Waals surface area contributed by atoms with Gasteiger partial charge in [0.15, 0.2) is 0 Å². The average molecular weight is 249 g/mol. The van der Waals surface area contributed by atoms with E-state index in [-0.39, 0.29) is 24.1 Å². The standard InChI is InChI=1S/C13H16FN3O/c1-2-5-16-12(18)8-17-7-9-3-4-10(14)6-11(9)13(17)15/h3-4,6,15H,2,5,7-8H2,1H3,(H,16,18). The lowest BCUT2D eigenvalue weighted by molar-refractivity contribution is -0.121. The lowest BCUT2D eigenvalue weighted by Gasteiger charge is -2.17. The van der Waals surface area contributed by atoms with Crippen molar-refractivity contribution >= 4 is 11.7 Å². The third kappa shape index (κ3) is 2.50. The first-order chi connectivity index (χ1) is 8.61. The minimum Gasteiger partial charge on any atom is -0.355 e. The van der Waals surface area contributed by atoms with Gasteiger partial charge in [0, 0.05) is 18.7 Å². The van der Waals surface area contributed by atoms with E-state index in [2.05, 4.69) is 5.32 Å². The average Bonchev–Trinajstić information content (AvgIpc) is 2.64. The fourth-order valence-electron chi connectivity index (χ4n) is 1.99. The molecule has 0 fully saturated rings. The summed E-state index contributed by atoms with van der Waals surface area (Å²) in [5.41, 5.74) is 1.47. The van der Waals surface area contributed by atoms with Gasteiger partial charge in [-0.25, -0.2) is 4.39 Å². The van der Waals surface area contributed by atoms with Gasteiger partial charge in [0.05, 0.1) is 6.54 Å². The zero-order valence-corrected chi connectivity index (χ0v) is 10.3. The monoisotopic (exact) mass is 249 g/mol. The Morgan fingerprint density at radius 3 is 3.06 bits per heavy atom. The van der Waals surface area contributed by atoms with Gasteiger partial charge in [0.2, 0.25) is 5.91 Å². The van der Waals surface area contributed by atoms with Gasteiger partial charge in [-0.2, -0.15) is 0 Å². The molecule has 0 saturated carbocycles. The van der Waals surface area contributed by atoms with E-state index in [1.165, 1.54) is 12.1 Å². The molecule has 0 spiro atoms. The van der Waals surface area contributed by atoms with Gasteiger partial charge < -0.3 is 10.2 Å². The molecule has 0 radical (unpaired) electrons. The van der Waals surface area contributed by atoms with Crippen molar-refractivity contribution in [1.82, 2.24) is 10.2 Å². The molecule has 96 valence electrons. The maximum atomic E-state index is 13.1. The summed E-state index contributed by atoms with van der Waals surface area (Å²) in [7, 11) is 0. The SMILES string of the molecule is CCCNC(=O)CN1Cc2ccc(F)cc2C1=N. The van der Waals surface area contributed by atoms with E-state index in [0.717, 1.165) is 12.0 Å².